The van der Waals surface area contributed by atoms with Gasteiger partial charge in [-0.15, -0.1) is 11.3 Å². The fourth-order valence-corrected chi connectivity index (χ4v) is 3.13. The molecule has 6 nitrogen and oxygen atoms in total. The number of rotatable bonds is 5. The topological polar surface area (TPSA) is 67.3 Å². The van der Waals surface area contributed by atoms with Crippen LogP contribution in [0.2, 0.25) is 0 Å². The van der Waals surface area contributed by atoms with Crippen LogP contribution in [0.1, 0.15) is 22.5 Å². The molecule has 1 aliphatic rings. The lowest BCUT2D eigenvalue weighted by molar-refractivity contribution is -0.120. The van der Waals surface area contributed by atoms with Crippen molar-refractivity contribution < 1.29 is 9.53 Å². The number of nitrogens with zero attached hydrogens (tertiary/aromatic N) is 3. The van der Waals surface area contributed by atoms with Crippen molar-refractivity contribution >= 4 is 17.2 Å². The molecule has 0 aromatic carbocycles. The van der Waals surface area contributed by atoms with Gasteiger partial charge in [-0.25, -0.2) is 9.97 Å². The van der Waals surface area contributed by atoms with Crippen molar-refractivity contribution in [2.75, 3.05) is 26.7 Å². The van der Waals surface area contributed by atoms with Crippen molar-refractivity contribution in [2.45, 2.75) is 19.1 Å². The smallest absolute Gasteiger partial charge is 0.225 e. The van der Waals surface area contributed by atoms with Crippen molar-refractivity contribution in [1.82, 2.24) is 20.2 Å². The number of carbonyl (C=O) groups is 1. The summed E-state index contributed by atoms with van der Waals surface area (Å²) in [6.07, 6.45) is 2.03. The van der Waals surface area contributed by atoms with Gasteiger partial charge >= 0.3 is 0 Å². The molecule has 1 N–H and O–H groups in total. The fraction of sp³-hybridized carbons (Fsp3) is 0.438. The summed E-state index contributed by atoms with van der Waals surface area (Å²) in [7, 11) is 2.06. The molecule has 2 aromatic heterocycles. The molecule has 1 fully saturated rings. The number of ether oxygens (including phenoxy) is 1. The third kappa shape index (κ3) is 4.57. The highest BCUT2D eigenvalue weighted by Crippen LogP contribution is 2.18. The van der Waals surface area contributed by atoms with Crippen LogP contribution in [0.5, 0.6) is 0 Å². The molecule has 1 saturated heterocycles. The minimum atomic E-state index is -0.101. The van der Waals surface area contributed by atoms with Crippen molar-refractivity contribution in [3.8, 4) is 0 Å². The standard InChI is InChI=1S/C16H20N4O2S/c1-20-6-7-22-14(11-20)16-17-5-4-12(19-16)10-18-15(21)9-13-3-2-8-23-13/h2-5,8,14H,6-7,9-11H2,1H3,(H,18,21)/t14-/m1/s1. The predicted octanol–water partition coefficient (Wildman–Crippen LogP) is 1.40. The van der Waals surface area contributed by atoms with E-state index in [2.05, 4.69) is 27.2 Å². The average molecular weight is 332 g/mol. The second kappa shape index (κ2) is 7.63. The van der Waals surface area contributed by atoms with Crippen LogP contribution in [-0.4, -0.2) is 47.5 Å². The zero-order valence-corrected chi connectivity index (χ0v) is 13.9. The number of nitrogens with one attached hydrogen (secondary N) is 1. The Morgan fingerprint density at radius 2 is 2.43 bits per heavy atom. The minimum absolute atomic E-state index is 0.00117. The van der Waals surface area contributed by atoms with Crippen LogP contribution in [-0.2, 0) is 22.5 Å². The third-order valence-corrected chi connectivity index (χ3v) is 4.55. The van der Waals surface area contributed by atoms with E-state index in [1.165, 1.54) is 0 Å². The molecule has 1 aliphatic heterocycles. The zero-order chi connectivity index (χ0) is 16.1. The highest BCUT2D eigenvalue weighted by Gasteiger charge is 2.22. The maximum atomic E-state index is 11.9. The molecular formula is C16H20N4O2S. The molecule has 122 valence electrons. The zero-order valence-electron chi connectivity index (χ0n) is 13.1. The van der Waals surface area contributed by atoms with E-state index in [1.807, 2.05) is 23.6 Å². The Bertz CT molecular complexity index is 647. The van der Waals surface area contributed by atoms with Crippen molar-refractivity contribution in [3.63, 3.8) is 0 Å². The highest BCUT2D eigenvalue weighted by molar-refractivity contribution is 7.10. The van der Waals surface area contributed by atoms with E-state index in [-0.39, 0.29) is 12.0 Å². The Hall–Kier alpha value is -1.83. The molecule has 0 bridgehead atoms. The van der Waals surface area contributed by atoms with E-state index in [9.17, 15) is 4.79 Å². The number of thiophene rings is 1. The first-order valence-corrected chi connectivity index (χ1v) is 8.50. The number of carbonyl (C=O) groups excluding carboxylic acids is 1. The first-order chi connectivity index (χ1) is 11.2. The fourth-order valence-electron chi connectivity index (χ4n) is 2.42. The van der Waals surface area contributed by atoms with E-state index >= 15 is 0 Å². The Labute approximate surface area is 139 Å². The Balaban J connectivity index is 1.56. The van der Waals surface area contributed by atoms with Gasteiger partial charge in [-0.05, 0) is 24.6 Å². The van der Waals surface area contributed by atoms with Gasteiger partial charge in [-0.3, -0.25) is 4.79 Å². The predicted molar refractivity (Wildman–Crippen MR) is 88.1 cm³/mol. The van der Waals surface area contributed by atoms with Gasteiger partial charge < -0.3 is 15.0 Å². The van der Waals surface area contributed by atoms with E-state index < -0.39 is 0 Å². The number of likely N-dealkylation sites (N-methyl/N-ethyl adjacent to an activating group) is 1. The summed E-state index contributed by atoms with van der Waals surface area (Å²) in [5.74, 6) is 0.683. The Kier molecular flexibility index (Phi) is 5.32. The van der Waals surface area contributed by atoms with Crippen LogP contribution in [0.3, 0.4) is 0 Å². The van der Waals surface area contributed by atoms with Gasteiger partial charge in [-0.1, -0.05) is 6.07 Å². The molecule has 2 aromatic rings. The SMILES string of the molecule is CN1CCO[C@@H](c2nccc(CNC(=O)Cc3cccs3)n2)C1. The largest absolute Gasteiger partial charge is 0.368 e. The van der Waals surface area contributed by atoms with E-state index in [0.717, 1.165) is 23.7 Å². The van der Waals surface area contributed by atoms with Crippen LogP contribution in [0.15, 0.2) is 29.8 Å². The lowest BCUT2D eigenvalue weighted by Gasteiger charge is -2.29. The number of morpholine rings is 1. The van der Waals surface area contributed by atoms with Gasteiger partial charge in [0.15, 0.2) is 5.82 Å². The molecule has 3 heterocycles. The molecule has 0 aliphatic carbocycles. The summed E-state index contributed by atoms with van der Waals surface area (Å²) in [5, 5.41) is 4.88. The first kappa shape index (κ1) is 16.0. The van der Waals surface area contributed by atoms with Crippen LogP contribution < -0.4 is 5.32 Å². The first-order valence-electron chi connectivity index (χ1n) is 7.62. The van der Waals surface area contributed by atoms with Crippen molar-refractivity contribution in [2.24, 2.45) is 0 Å². The molecule has 0 saturated carbocycles. The molecule has 0 unspecified atom stereocenters. The second-order valence-electron chi connectivity index (χ2n) is 5.56. The molecule has 1 atom stereocenters. The monoisotopic (exact) mass is 332 g/mol. The highest BCUT2D eigenvalue weighted by atomic mass is 32.1. The van der Waals surface area contributed by atoms with Crippen molar-refractivity contribution in [1.29, 1.82) is 0 Å². The Morgan fingerprint density at radius 3 is 3.22 bits per heavy atom. The van der Waals surface area contributed by atoms with Gasteiger partial charge in [-0.2, -0.15) is 0 Å². The van der Waals surface area contributed by atoms with Gasteiger partial charge in [0.1, 0.15) is 6.10 Å². The number of aromatic nitrogens is 2. The lowest BCUT2D eigenvalue weighted by Crippen LogP contribution is -2.36. The van der Waals surface area contributed by atoms with Gasteiger partial charge in [0, 0.05) is 24.2 Å². The van der Waals surface area contributed by atoms with Crippen LogP contribution in [0.4, 0.5) is 0 Å². The lowest BCUT2D eigenvalue weighted by atomic mass is 10.2. The molecule has 7 heteroatoms. The molecule has 0 radical (unpaired) electrons. The minimum Gasteiger partial charge on any atom is -0.368 e. The number of hydrogen-bond acceptors (Lipinski definition) is 6. The van der Waals surface area contributed by atoms with Crippen LogP contribution >= 0.6 is 11.3 Å². The van der Waals surface area contributed by atoms with Gasteiger partial charge in [0.2, 0.25) is 5.91 Å². The molecule has 23 heavy (non-hydrogen) atoms. The third-order valence-electron chi connectivity index (χ3n) is 3.67. The number of hydrogen-bond donors (Lipinski definition) is 1. The maximum absolute atomic E-state index is 11.9. The number of amides is 1. The molecule has 3 rings (SSSR count). The second-order valence-corrected chi connectivity index (χ2v) is 6.59. The van der Waals surface area contributed by atoms with E-state index in [1.54, 1.807) is 17.5 Å². The van der Waals surface area contributed by atoms with E-state index in [4.69, 9.17) is 4.74 Å². The molecule has 1 amide bonds. The molecule has 0 spiro atoms. The van der Waals surface area contributed by atoms with Gasteiger partial charge in [0.25, 0.3) is 0 Å². The summed E-state index contributed by atoms with van der Waals surface area (Å²) in [4.78, 5) is 24.0. The maximum Gasteiger partial charge on any atom is 0.225 e. The average Bonchev–Trinajstić information content (AvgIpc) is 3.06. The van der Waals surface area contributed by atoms with Gasteiger partial charge in [0.05, 0.1) is 25.3 Å². The summed E-state index contributed by atoms with van der Waals surface area (Å²) in [6, 6.07) is 5.73. The quantitative estimate of drug-likeness (QED) is 0.896. The van der Waals surface area contributed by atoms with Crippen LogP contribution in [0.25, 0.3) is 0 Å². The molecular weight excluding hydrogens is 312 g/mol. The summed E-state index contributed by atoms with van der Waals surface area (Å²) in [5.41, 5.74) is 0.798. The van der Waals surface area contributed by atoms with Crippen LogP contribution in [0, 0.1) is 0 Å². The Morgan fingerprint density at radius 1 is 1.52 bits per heavy atom. The normalized spacial score (nSPS) is 18.7. The summed E-state index contributed by atoms with van der Waals surface area (Å²) in [6.45, 7) is 2.80. The summed E-state index contributed by atoms with van der Waals surface area (Å²) >= 11 is 1.59. The van der Waals surface area contributed by atoms with Crippen molar-refractivity contribution in [3.05, 3.63) is 46.2 Å². The van der Waals surface area contributed by atoms with E-state index in [0.29, 0.717) is 25.4 Å². The summed E-state index contributed by atoms with van der Waals surface area (Å²) < 4.78 is 5.73.